The predicted octanol–water partition coefficient (Wildman–Crippen LogP) is -0.737. The maximum atomic E-state index is 11.8. The Morgan fingerprint density at radius 1 is 1.71 bits per heavy atom. The van der Waals surface area contributed by atoms with Gasteiger partial charge in [0.1, 0.15) is 5.69 Å². The van der Waals surface area contributed by atoms with Crippen molar-refractivity contribution in [1.82, 2.24) is 15.6 Å². The molecule has 1 aliphatic rings. The minimum atomic E-state index is -0.231. The summed E-state index contributed by atoms with van der Waals surface area (Å²) in [7, 11) is 0. The molecule has 2 rings (SSSR count). The minimum absolute atomic E-state index is 0.0302. The molecule has 1 aromatic heterocycles. The average Bonchev–Trinajstić information content (AvgIpc) is 2.88. The van der Waals surface area contributed by atoms with E-state index in [-0.39, 0.29) is 17.9 Å². The van der Waals surface area contributed by atoms with Gasteiger partial charge in [0.05, 0.1) is 11.0 Å². The Labute approximate surface area is 103 Å². The molecule has 2 heterocycles. The molecule has 0 spiro atoms. The Kier molecular flexibility index (Phi) is 3.70. The molecule has 1 unspecified atom stereocenters. The highest BCUT2D eigenvalue weighted by Crippen LogP contribution is 2.10. The summed E-state index contributed by atoms with van der Waals surface area (Å²) in [6, 6.07) is -0.130. The molecule has 1 saturated heterocycles. The Bertz CT molecular complexity index is 432. The van der Waals surface area contributed by atoms with Gasteiger partial charge < -0.3 is 16.4 Å². The molecular formula is C10H14N4O2S. The summed E-state index contributed by atoms with van der Waals surface area (Å²) < 4.78 is 0. The molecule has 2 amide bonds. The van der Waals surface area contributed by atoms with Gasteiger partial charge in [0, 0.05) is 24.8 Å². The molecule has 0 aromatic carbocycles. The third-order valence-corrected chi connectivity index (χ3v) is 3.36. The molecule has 1 atom stereocenters. The molecule has 6 nitrogen and oxygen atoms in total. The van der Waals surface area contributed by atoms with Gasteiger partial charge in [-0.15, -0.1) is 11.3 Å². The van der Waals surface area contributed by atoms with Gasteiger partial charge in [0.25, 0.3) is 5.91 Å². The number of amides is 2. The van der Waals surface area contributed by atoms with Crippen LogP contribution in [0.25, 0.3) is 0 Å². The Morgan fingerprint density at radius 3 is 3.18 bits per heavy atom. The standard InChI is InChI=1S/C10H14N4O2S/c11-2-1-9-14-7(5-17-9)10(16)13-6-3-8(15)12-4-6/h5-6H,1-4,11H2,(H,12,15)(H,13,16). The lowest BCUT2D eigenvalue weighted by Crippen LogP contribution is -2.36. The number of aromatic nitrogens is 1. The van der Waals surface area contributed by atoms with E-state index in [0.29, 0.717) is 31.6 Å². The zero-order chi connectivity index (χ0) is 12.3. The smallest absolute Gasteiger partial charge is 0.271 e. The van der Waals surface area contributed by atoms with Gasteiger partial charge in [-0.2, -0.15) is 0 Å². The monoisotopic (exact) mass is 254 g/mol. The average molecular weight is 254 g/mol. The fourth-order valence-electron chi connectivity index (χ4n) is 1.62. The highest BCUT2D eigenvalue weighted by atomic mass is 32.1. The maximum absolute atomic E-state index is 11.8. The number of nitrogens with zero attached hydrogens (tertiary/aromatic N) is 1. The van der Waals surface area contributed by atoms with Crippen LogP contribution in [0.5, 0.6) is 0 Å². The summed E-state index contributed by atoms with van der Waals surface area (Å²) in [5, 5.41) is 8.01. The van der Waals surface area contributed by atoms with Crippen molar-refractivity contribution in [2.24, 2.45) is 5.73 Å². The lowest BCUT2D eigenvalue weighted by atomic mass is 10.2. The van der Waals surface area contributed by atoms with Crippen LogP contribution in [0.3, 0.4) is 0 Å². The van der Waals surface area contributed by atoms with E-state index in [9.17, 15) is 9.59 Å². The van der Waals surface area contributed by atoms with Crippen LogP contribution in [0.4, 0.5) is 0 Å². The number of nitrogens with one attached hydrogen (secondary N) is 2. The number of hydrogen-bond donors (Lipinski definition) is 3. The molecule has 0 saturated carbocycles. The topological polar surface area (TPSA) is 97.1 Å². The van der Waals surface area contributed by atoms with Crippen molar-refractivity contribution in [3.05, 3.63) is 16.1 Å². The molecule has 7 heteroatoms. The molecule has 1 aromatic rings. The second-order valence-electron chi connectivity index (χ2n) is 3.84. The fourth-order valence-corrected chi connectivity index (χ4v) is 2.41. The van der Waals surface area contributed by atoms with Gasteiger partial charge in [-0.1, -0.05) is 0 Å². The summed E-state index contributed by atoms with van der Waals surface area (Å²) in [5.41, 5.74) is 5.81. The van der Waals surface area contributed by atoms with Crippen LogP contribution in [-0.2, 0) is 11.2 Å². The summed E-state index contributed by atoms with van der Waals surface area (Å²) in [6.07, 6.45) is 1.02. The SMILES string of the molecule is NCCc1nc(C(=O)NC2CNC(=O)C2)cs1. The zero-order valence-corrected chi connectivity index (χ0v) is 10.0. The third kappa shape index (κ3) is 3.01. The molecule has 0 bridgehead atoms. The lowest BCUT2D eigenvalue weighted by molar-refractivity contribution is -0.119. The molecule has 1 fully saturated rings. The van der Waals surface area contributed by atoms with Crippen molar-refractivity contribution in [3.63, 3.8) is 0 Å². The second-order valence-corrected chi connectivity index (χ2v) is 4.79. The Balaban J connectivity index is 1.92. The summed E-state index contributed by atoms with van der Waals surface area (Å²) in [6.45, 7) is 1.01. The van der Waals surface area contributed by atoms with Crippen LogP contribution >= 0.6 is 11.3 Å². The Morgan fingerprint density at radius 2 is 2.53 bits per heavy atom. The molecule has 1 aliphatic heterocycles. The third-order valence-electron chi connectivity index (χ3n) is 2.46. The van der Waals surface area contributed by atoms with Crippen molar-refractivity contribution in [3.8, 4) is 0 Å². The van der Waals surface area contributed by atoms with Crippen LogP contribution in [0.1, 0.15) is 21.9 Å². The number of hydrogen-bond acceptors (Lipinski definition) is 5. The van der Waals surface area contributed by atoms with Crippen molar-refractivity contribution in [2.75, 3.05) is 13.1 Å². The number of nitrogens with two attached hydrogens (primary N) is 1. The predicted molar refractivity (Wildman–Crippen MR) is 63.8 cm³/mol. The van der Waals surface area contributed by atoms with E-state index < -0.39 is 0 Å². The van der Waals surface area contributed by atoms with Crippen LogP contribution in [0, 0.1) is 0 Å². The van der Waals surface area contributed by atoms with Crippen molar-refractivity contribution < 1.29 is 9.59 Å². The van der Waals surface area contributed by atoms with E-state index in [1.165, 1.54) is 11.3 Å². The number of rotatable bonds is 4. The molecule has 92 valence electrons. The molecular weight excluding hydrogens is 240 g/mol. The highest BCUT2D eigenvalue weighted by molar-refractivity contribution is 7.09. The van der Waals surface area contributed by atoms with Crippen molar-refractivity contribution in [1.29, 1.82) is 0 Å². The van der Waals surface area contributed by atoms with E-state index >= 15 is 0 Å². The van der Waals surface area contributed by atoms with Gasteiger partial charge in [-0.3, -0.25) is 9.59 Å². The summed E-state index contributed by atoms with van der Waals surface area (Å²) in [4.78, 5) is 26.9. The zero-order valence-electron chi connectivity index (χ0n) is 9.23. The van der Waals surface area contributed by atoms with Gasteiger partial charge in [0.2, 0.25) is 5.91 Å². The van der Waals surface area contributed by atoms with Gasteiger partial charge in [-0.25, -0.2) is 4.98 Å². The quantitative estimate of drug-likeness (QED) is 0.659. The molecule has 4 N–H and O–H groups in total. The molecule has 0 aliphatic carbocycles. The number of carbonyl (C=O) groups is 2. The Hall–Kier alpha value is -1.47. The van der Waals surface area contributed by atoms with E-state index in [1.54, 1.807) is 5.38 Å². The summed E-state index contributed by atoms with van der Waals surface area (Å²) in [5.74, 6) is -0.261. The normalized spacial score (nSPS) is 19.1. The van der Waals surface area contributed by atoms with E-state index in [4.69, 9.17) is 5.73 Å². The van der Waals surface area contributed by atoms with E-state index in [0.717, 1.165) is 5.01 Å². The summed E-state index contributed by atoms with van der Waals surface area (Å²) >= 11 is 1.43. The molecule has 17 heavy (non-hydrogen) atoms. The van der Waals surface area contributed by atoms with Crippen molar-refractivity contribution in [2.45, 2.75) is 18.9 Å². The van der Waals surface area contributed by atoms with Crippen LogP contribution in [0.15, 0.2) is 5.38 Å². The van der Waals surface area contributed by atoms with Crippen molar-refractivity contribution >= 4 is 23.2 Å². The van der Waals surface area contributed by atoms with Gasteiger partial charge >= 0.3 is 0 Å². The number of thiazole rings is 1. The first kappa shape index (κ1) is 12.0. The number of carbonyl (C=O) groups excluding carboxylic acids is 2. The minimum Gasteiger partial charge on any atom is -0.354 e. The van der Waals surface area contributed by atoms with E-state index in [1.807, 2.05) is 0 Å². The van der Waals surface area contributed by atoms with Gasteiger partial charge in [-0.05, 0) is 6.54 Å². The first-order valence-corrected chi connectivity index (χ1v) is 6.29. The highest BCUT2D eigenvalue weighted by Gasteiger charge is 2.24. The first-order chi connectivity index (χ1) is 8.19. The van der Waals surface area contributed by atoms with Gasteiger partial charge in [0.15, 0.2) is 0 Å². The fraction of sp³-hybridized carbons (Fsp3) is 0.500. The lowest BCUT2D eigenvalue weighted by Gasteiger charge is -2.08. The van der Waals surface area contributed by atoms with Crippen LogP contribution in [0.2, 0.25) is 0 Å². The first-order valence-electron chi connectivity index (χ1n) is 5.41. The maximum Gasteiger partial charge on any atom is 0.271 e. The second kappa shape index (κ2) is 5.24. The van der Waals surface area contributed by atoms with Crippen LogP contribution in [-0.4, -0.2) is 35.9 Å². The molecule has 0 radical (unpaired) electrons. The largest absolute Gasteiger partial charge is 0.354 e. The van der Waals surface area contributed by atoms with Crippen LogP contribution < -0.4 is 16.4 Å². The van der Waals surface area contributed by atoms with E-state index in [2.05, 4.69) is 15.6 Å².